The molecule has 138 valence electrons. The van der Waals surface area contributed by atoms with E-state index in [0.717, 1.165) is 5.56 Å². The van der Waals surface area contributed by atoms with E-state index in [2.05, 4.69) is 0 Å². The summed E-state index contributed by atoms with van der Waals surface area (Å²) in [4.78, 5) is 23.3. The lowest BCUT2D eigenvalue weighted by Crippen LogP contribution is -1.96. The van der Waals surface area contributed by atoms with Crippen LogP contribution in [0.15, 0.2) is 76.7 Å². The molecule has 1 aliphatic heterocycles. The fraction of sp³-hybridized carbons (Fsp3) is 0. The fourth-order valence-corrected chi connectivity index (χ4v) is 2.92. The Hall–Kier alpha value is -3.57. The summed E-state index contributed by atoms with van der Waals surface area (Å²) >= 11 is 5.88. The van der Waals surface area contributed by atoms with Crippen molar-refractivity contribution in [3.63, 3.8) is 0 Å². The second-order valence-corrected chi connectivity index (χ2v) is 6.53. The highest BCUT2D eigenvalue weighted by atomic mass is 35.5. The lowest BCUT2D eigenvalue weighted by Gasteiger charge is -2.01. The van der Waals surface area contributed by atoms with Gasteiger partial charge in [0.05, 0.1) is 11.1 Å². The molecule has 2 aromatic carbocycles. The van der Waals surface area contributed by atoms with Crippen LogP contribution in [0.5, 0.6) is 0 Å². The highest BCUT2D eigenvalue weighted by Gasteiger charge is 2.22. The maximum Gasteiger partial charge on any atom is 0.343 e. The Bertz CT molecular complexity index is 1140. The molecule has 0 aliphatic carbocycles. The molecule has 1 aromatic heterocycles. The van der Waals surface area contributed by atoms with E-state index in [1.807, 2.05) is 0 Å². The standard InChI is InChI=1S/C22H13ClO5/c23-17-6-4-13(5-7-17)20-12-16(22(26)28-20)11-18-8-9-19(27-18)14-2-1-3-15(10-14)21(24)25/h1-12H,(H,24,25)/b16-11-. The van der Waals surface area contributed by atoms with Crippen LogP contribution in [0.2, 0.25) is 5.02 Å². The average Bonchev–Trinajstić information content (AvgIpc) is 3.30. The van der Waals surface area contributed by atoms with Gasteiger partial charge in [0, 0.05) is 16.1 Å². The summed E-state index contributed by atoms with van der Waals surface area (Å²) in [6.07, 6.45) is 3.22. The van der Waals surface area contributed by atoms with Crippen LogP contribution in [0.3, 0.4) is 0 Å². The van der Waals surface area contributed by atoms with Crippen molar-refractivity contribution in [1.82, 2.24) is 0 Å². The predicted octanol–water partition coefficient (Wildman–Crippen LogP) is 5.28. The van der Waals surface area contributed by atoms with Crippen molar-refractivity contribution >= 4 is 35.4 Å². The lowest BCUT2D eigenvalue weighted by atomic mass is 10.1. The third-order valence-electron chi connectivity index (χ3n) is 4.17. The van der Waals surface area contributed by atoms with Crippen LogP contribution in [-0.4, -0.2) is 17.0 Å². The van der Waals surface area contributed by atoms with E-state index in [0.29, 0.717) is 33.4 Å². The summed E-state index contributed by atoms with van der Waals surface area (Å²) in [5.74, 6) is -0.0894. The lowest BCUT2D eigenvalue weighted by molar-refractivity contribution is -0.130. The minimum atomic E-state index is -1.01. The van der Waals surface area contributed by atoms with Gasteiger partial charge in [-0.2, -0.15) is 0 Å². The molecule has 0 saturated heterocycles. The molecule has 4 rings (SSSR count). The molecule has 0 radical (unpaired) electrons. The van der Waals surface area contributed by atoms with E-state index in [-0.39, 0.29) is 5.56 Å². The van der Waals surface area contributed by atoms with Crippen molar-refractivity contribution < 1.29 is 23.8 Å². The van der Waals surface area contributed by atoms with Crippen molar-refractivity contribution in [3.05, 3.63) is 94.2 Å². The molecule has 0 unspecified atom stereocenters. The molecule has 3 aromatic rings. The summed E-state index contributed by atoms with van der Waals surface area (Å²) in [6, 6.07) is 16.8. The first-order valence-electron chi connectivity index (χ1n) is 8.35. The first-order chi connectivity index (χ1) is 13.5. The molecule has 0 spiro atoms. The summed E-state index contributed by atoms with van der Waals surface area (Å²) in [6.45, 7) is 0. The largest absolute Gasteiger partial charge is 0.478 e. The van der Waals surface area contributed by atoms with Crippen LogP contribution in [0.25, 0.3) is 23.2 Å². The molecule has 6 heteroatoms. The van der Waals surface area contributed by atoms with Crippen molar-refractivity contribution in [1.29, 1.82) is 0 Å². The Balaban J connectivity index is 1.61. The van der Waals surface area contributed by atoms with Crippen LogP contribution in [0, 0.1) is 0 Å². The van der Waals surface area contributed by atoms with Gasteiger partial charge >= 0.3 is 11.9 Å². The molecule has 0 fully saturated rings. The number of rotatable bonds is 4. The van der Waals surface area contributed by atoms with E-state index in [1.54, 1.807) is 60.7 Å². The van der Waals surface area contributed by atoms with Gasteiger partial charge in [0.2, 0.25) is 0 Å². The molecule has 0 saturated carbocycles. The number of hydrogen-bond donors (Lipinski definition) is 1. The molecule has 0 amide bonds. The van der Waals surface area contributed by atoms with Gasteiger partial charge in [-0.1, -0.05) is 23.7 Å². The van der Waals surface area contributed by atoms with E-state index >= 15 is 0 Å². The highest BCUT2D eigenvalue weighted by Crippen LogP contribution is 2.30. The van der Waals surface area contributed by atoms with Gasteiger partial charge in [-0.3, -0.25) is 0 Å². The molecule has 28 heavy (non-hydrogen) atoms. The summed E-state index contributed by atoms with van der Waals surface area (Å²) in [5, 5.41) is 9.71. The van der Waals surface area contributed by atoms with Crippen LogP contribution < -0.4 is 0 Å². The molecular weight excluding hydrogens is 380 g/mol. The van der Waals surface area contributed by atoms with Gasteiger partial charge in [-0.15, -0.1) is 0 Å². The Kier molecular flexibility index (Phi) is 4.59. The van der Waals surface area contributed by atoms with Crippen LogP contribution in [0.4, 0.5) is 0 Å². The number of carboxylic acid groups (broad SMARTS) is 1. The van der Waals surface area contributed by atoms with Gasteiger partial charge in [0.15, 0.2) is 0 Å². The van der Waals surface area contributed by atoms with Crippen molar-refractivity contribution in [2.24, 2.45) is 0 Å². The normalized spacial score (nSPS) is 14.8. The second kappa shape index (κ2) is 7.21. The number of benzene rings is 2. The van der Waals surface area contributed by atoms with Crippen LogP contribution in [-0.2, 0) is 9.53 Å². The fourth-order valence-electron chi connectivity index (χ4n) is 2.79. The molecule has 2 heterocycles. The third kappa shape index (κ3) is 3.61. The van der Waals surface area contributed by atoms with E-state index < -0.39 is 11.9 Å². The second-order valence-electron chi connectivity index (χ2n) is 6.09. The number of furan rings is 1. The molecule has 0 atom stereocenters. The van der Waals surface area contributed by atoms with E-state index in [1.165, 1.54) is 12.1 Å². The third-order valence-corrected chi connectivity index (χ3v) is 4.42. The maximum absolute atomic E-state index is 12.2. The SMILES string of the molecule is O=C1OC(c2ccc(Cl)cc2)=C/C1=C/c1ccc(-c2cccc(C(=O)O)c2)o1. The molecule has 1 N–H and O–H groups in total. The van der Waals surface area contributed by atoms with E-state index in [4.69, 9.17) is 25.9 Å². The zero-order valence-electron chi connectivity index (χ0n) is 14.4. The van der Waals surface area contributed by atoms with Gasteiger partial charge < -0.3 is 14.3 Å². The Morgan fingerprint density at radius 1 is 1.00 bits per heavy atom. The molecule has 5 nitrogen and oxygen atoms in total. The van der Waals surface area contributed by atoms with Crippen molar-refractivity contribution in [2.75, 3.05) is 0 Å². The first kappa shape index (κ1) is 17.8. The average molecular weight is 393 g/mol. The summed E-state index contributed by atoms with van der Waals surface area (Å²) in [5.41, 5.74) is 1.90. The Morgan fingerprint density at radius 3 is 2.54 bits per heavy atom. The quantitative estimate of drug-likeness (QED) is 0.483. The van der Waals surface area contributed by atoms with Crippen LogP contribution in [0.1, 0.15) is 21.7 Å². The van der Waals surface area contributed by atoms with Gasteiger partial charge in [-0.25, -0.2) is 9.59 Å². The number of halogens is 1. The molecule has 1 aliphatic rings. The number of carboxylic acids is 1. The number of cyclic esters (lactones) is 1. The van der Waals surface area contributed by atoms with Crippen molar-refractivity contribution in [2.45, 2.75) is 0 Å². The van der Waals surface area contributed by atoms with Gasteiger partial charge in [-0.05, 0) is 60.7 Å². The topological polar surface area (TPSA) is 76.7 Å². The van der Waals surface area contributed by atoms with Crippen molar-refractivity contribution in [3.8, 4) is 11.3 Å². The predicted molar refractivity (Wildman–Crippen MR) is 105 cm³/mol. The number of ether oxygens (including phenoxy) is 1. The zero-order valence-corrected chi connectivity index (χ0v) is 15.1. The number of esters is 1. The number of carbonyl (C=O) groups excluding carboxylic acids is 1. The number of aromatic carboxylic acids is 1. The summed E-state index contributed by atoms with van der Waals surface area (Å²) in [7, 11) is 0. The first-order valence-corrected chi connectivity index (χ1v) is 8.72. The maximum atomic E-state index is 12.2. The zero-order chi connectivity index (χ0) is 19.7. The van der Waals surface area contributed by atoms with Crippen LogP contribution >= 0.6 is 11.6 Å². The Labute approximate surface area is 165 Å². The summed E-state index contributed by atoms with van der Waals surface area (Å²) < 4.78 is 11.1. The number of hydrogen-bond acceptors (Lipinski definition) is 4. The highest BCUT2D eigenvalue weighted by molar-refractivity contribution is 6.30. The molecule has 0 bridgehead atoms. The smallest absolute Gasteiger partial charge is 0.343 e. The van der Waals surface area contributed by atoms with E-state index in [9.17, 15) is 9.59 Å². The Morgan fingerprint density at radius 2 is 1.79 bits per heavy atom. The molecular formula is C22H13ClO5. The minimum absolute atomic E-state index is 0.170. The van der Waals surface area contributed by atoms with Gasteiger partial charge in [0.25, 0.3) is 0 Å². The minimum Gasteiger partial charge on any atom is -0.478 e. The number of carbonyl (C=O) groups is 2. The van der Waals surface area contributed by atoms with Gasteiger partial charge in [0.1, 0.15) is 17.3 Å². The monoisotopic (exact) mass is 392 g/mol.